The highest BCUT2D eigenvalue weighted by molar-refractivity contribution is 7.18. The summed E-state index contributed by atoms with van der Waals surface area (Å²) in [4.78, 5) is 16.7. The van der Waals surface area contributed by atoms with Gasteiger partial charge in [0.2, 0.25) is 0 Å². The number of carbonyl (C=O) groups excluding carboxylic acids is 1. The summed E-state index contributed by atoms with van der Waals surface area (Å²) in [5, 5.41) is 7.04. The number of nitrogens with one attached hydrogen (secondary N) is 2. The molecule has 1 heterocycles. The molecule has 1 aromatic heterocycles. The quantitative estimate of drug-likeness (QED) is 0.809. The number of nitrogens with two attached hydrogens (primary N) is 1. The van der Waals surface area contributed by atoms with Crippen LogP contribution < -0.4 is 16.4 Å². The van der Waals surface area contributed by atoms with E-state index in [0.29, 0.717) is 20.7 Å². The van der Waals surface area contributed by atoms with Crippen LogP contribution >= 0.6 is 22.9 Å². The summed E-state index contributed by atoms with van der Waals surface area (Å²) in [6.07, 6.45) is 0. The van der Waals surface area contributed by atoms with Gasteiger partial charge in [-0.2, -0.15) is 0 Å². The molecule has 0 atom stereocenters. The van der Waals surface area contributed by atoms with Gasteiger partial charge in [0.15, 0.2) is 5.13 Å². The minimum Gasteiger partial charge on any atom is -0.382 e. The van der Waals surface area contributed by atoms with Crippen LogP contribution in [0.15, 0.2) is 18.2 Å². The predicted octanol–water partition coefficient (Wildman–Crippen LogP) is 3.37. The second-order valence-corrected chi connectivity index (χ2v) is 5.61. The molecule has 7 heteroatoms. The van der Waals surface area contributed by atoms with Crippen LogP contribution in [0.2, 0.25) is 5.02 Å². The molecule has 0 spiro atoms. The van der Waals surface area contributed by atoms with Gasteiger partial charge in [0, 0.05) is 17.3 Å². The van der Waals surface area contributed by atoms with Crippen molar-refractivity contribution in [3.63, 3.8) is 0 Å². The van der Waals surface area contributed by atoms with E-state index in [1.165, 1.54) is 11.3 Å². The topological polar surface area (TPSA) is 80.0 Å². The first-order valence-electron chi connectivity index (χ1n) is 6.09. The number of nitrogens with zero attached hydrogens (tertiary/aromatic N) is 1. The van der Waals surface area contributed by atoms with Crippen LogP contribution in [-0.2, 0) is 0 Å². The summed E-state index contributed by atoms with van der Waals surface area (Å²) in [6.45, 7) is 4.57. The maximum absolute atomic E-state index is 12.2. The van der Waals surface area contributed by atoms with Gasteiger partial charge in [0.25, 0.3) is 5.91 Å². The van der Waals surface area contributed by atoms with Crippen molar-refractivity contribution < 1.29 is 4.79 Å². The highest BCUT2D eigenvalue weighted by atomic mass is 35.5. The molecule has 0 radical (unpaired) electrons. The average molecular weight is 311 g/mol. The fraction of sp³-hybridized carbons (Fsp3) is 0.231. The maximum Gasteiger partial charge on any atom is 0.269 e. The monoisotopic (exact) mass is 310 g/mol. The summed E-state index contributed by atoms with van der Waals surface area (Å²) in [5.41, 5.74) is 7.36. The van der Waals surface area contributed by atoms with E-state index in [-0.39, 0.29) is 11.7 Å². The van der Waals surface area contributed by atoms with Crippen LogP contribution in [0.1, 0.15) is 22.2 Å². The van der Waals surface area contributed by atoms with Crippen LogP contribution in [0.5, 0.6) is 0 Å². The largest absolute Gasteiger partial charge is 0.382 e. The van der Waals surface area contributed by atoms with Crippen molar-refractivity contribution in [1.82, 2.24) is 4.98 Å². The maximum atomic E-state index is 12.2. The van der Waals surface area contributed by atoms with Crippen molar-refractivity contribution in [2.45, 2.75) is 13.8 Å². The number of hydrogen-bond acceptors (Lipinski definition) is 5. The lowest BCUT2D eigenvalue weighted by molar-refractivity contribution is 0.103. The van der Waals surface area contributed by atoms with Gasteiger partial charge in [-0.25, -0.2) is 4.98 Å². The zero-order chi connectivity index (χ0) is 14.7. The smallest absolute Gasteiger partial charge is 0.269 e. The van der Waals surface area contributed by atoms with Crippen molar-refractivity contribution in [2.24, 2.45) is 0 Å². The highest BCUT2D eigenvalue weighted by Gasteiger charge is 2.16. The number of nitrogen functional groups attached to an aromatic ring is 1. The van der Waals surface area contributed by atoms with Crippen LogP contribution in [0, 0.1) is 6.92 Å². The van der Waals surface area contributed by atoms with Crippen molar-refractivity contribution >= 4 is 45.5 Å². The molecule has 0 fully saturated rings. The molecule has 1 aromatic carbocycles. The lowest BCUT2D eigenvalue weighted by atomic mass is 10.2. The second-order valence-electron chi connectivity index (χ2n) is 4.18. The van der Waals surface area contributed by atoms with Crippen LogP contribution in [0.3, 0.4) is 0 Å². The van der Waals surface area contributed by atoms with E-state index in [1.54, 1.807) is 12.1 Å². The third kappa shape index (κ3) is 3.20. The predicted molar refractivity (Wildman–Crippen MR) is 84.8 cm³/mol. The number of carbonyl (C=O) groups is 1. The standard InChI is InChI=1S/C13H15ClN4OS/c1-3-16-13-18-11(15)10(20-13)12(19)17-9-6-8(14)5-4-7(9)2/h4-6H,3,15H2,1-2H3,(H,16,18)(H,17,19). The molecule has 0 bridgehead atoms. The van der Waals surface area contributed by atoms with Crippen LogP contribution in [0.25, 0.3) is 0 Å². The third-order valence-electron chi connectivity index (χ3n) is 2.64. The molecule has 4 N–H and O–H groups in total. The molecule has 0 saturated heterocycles. The van der Waals surface area contributed by atoms with E-state index < -0.39 is 0 Å². The Labute approximate surface area is 126 Å². The van der Waals surface area contributed by atoms with E-state index >= 15 is 0 Å². The first-order valence-corrected chi connectivity index (χ1v) is 7.28. The van der Waals surface area contributed by atoms with Gasteiger partial charge in [0.05, 0.1) is 0 Å². The summed E-state index contributed by atoms with van der Waals surface area (Å²) in [7, 11) is 0. The first-order chi connectivity index (χ1) is 9.51. The van der Waals surface area contributed by atoms with E-state index in [9.17, 15) is 4.79 Å². The SMILES string of the molecule is CCNc1nc(N)c(C(=O)Nc2cc(Cl)ccc2C)s1. The minimum atomic E-state index is -0.283. The van der Waals surface area contributed by atoms with Gasteiger partial charge in [-0.15, -0.1) is 0 Å². The van der Waals surface area contributed by atoms with Crippen molar-refractivity contribution in [3.05, 3.63) is 33.7 Å². The summed E-state index contributed by atoms with van der Waals surface area (Å²) < 4.78 is 0. The second kappa shape index (κ2) is 6.11. The number of amides is 1. The molecule has 0 aliphatic rings. The van der Waals surface area contributed by atoms with Gasteiger partial charge in [-0.1, -0.05) is 29.0 Å². The number of anilines is 3. The Hall–Kier alpha value is -1.79. The lowest BCUT2D eigenvalue weighted by Crippen LogP contribution is -2.13. The van der Waals surface area contributed by atoms with E-state index in [1.807, 2.05) is 19.9 Å². The molecule has 0 unspecified atom stereocenters. The number of thiazole rings is 1. The van der Waals surface area contributed by atoms with Crippen molar-refractivity contribution in [2.75, 3.05) is 22.9 Å². The number of hydrogen-bond donors (Lipinski definition) is 3. The Bertz CT molecular complexity index is 641. The molecular weight excluding hydrogens is 296 g/mol. The number of aromatic nitrogens is 1. The fourth-order valence-corrected chi connectivity index (χ4v) is 2.65. The number of halogens is 1. The average Bonchev–Trinajstić information content (AvgIpc) is 2.75. The Kier molecular flexibility index (Phi) is 4.46. The third-order valence-corrected chi connectivity index (χ3v) is 3.90. The molecular formula is C13H15ClN4OS. The summed E-state index contributed by atoms with van der Waals surface area (Å²) >= 11 is 7.16. The Morgan fingerprint density at radius 2 is 2.25 bits per heavy atom. The lowest BCUT2D eigenvalue weighted by Gasteiger charge is -2.07. The van der Waals surface area contributed by atoms with Crippen LogP contribution in [0.4, 0.5) is 16.6 Å². The minimum absolute atomic E-state index is 0.225. The normalized spacial score (nSPS) is 10.3. The zero-order valence-corrected chi connectivity index (χ0v) is 12.7. The first kappa shape index (κ1) is 14.6. The highest BCUT2D eigenvalue weighted by Crippen LogP contribution is 2.27. The fourth-order valence-electron chi connectivity index (χ4n) is 1.63. The number of aryl methyl sites for hydroxylation is 1. The van der Waals surface area contributed by atoms with E-state index in [2.05, 4.69) is 15.6 Å². The van der Waals surface area contributed by atoms with Gasteiger partial charge in [0.1, 0.15) is 10.7 Å². The Morgan fingerprint density at radius 3 is 2.95 bits per heavy atom. The van der Waals surface area contributed by atoms with Crippen LogP contribution in [-0.4, -0.2) is 17.4 Å². The molecule has 1 amide bonds. The molecule has 0 aliphatic carbocycles. The van der Waals surface area contributed by atoms with Gasteiger partial charge in [-0.3, -0.25) is 4.79 Å². The van der Waals surface area contributed by atoms with Gasteiger partial charge >= 0.3 is 0 Å². The van der Waals surface area contributed by atoms with Gasteiger partial charge in [-0.05, 0) is 31.5 Å². The van der Waals surface area contributed by atoms with E-state index in [4.69, 9.17) is 17.3 Å². The summed E-state index contributed by atoms with van der Waals surface area (Å²) in [6, 6.07) is 5.33. The Balaban J connectivity index is 2.21. The molecule has 20 heavy (non-hydrogen) atoms. The molecule has 5 nitrogen and oxygen atoms in total. The molecule has 106 valence electrons. The van der Waals surface area contributed by atoms with Crippen molar-refractivity contribution in [3.8, 4) is 0 Å². The summed E-state index contributed by atoms with van der Waals surface area (Å²) in [5.74, 6) is -0.0577. The van der Waals surface area contributed by atoms with Crippen molar-refractivity contribution in [1.29, 1.82) is 0 Å². The number of rotatable bonds is 4. The van der Waals surface area contributed by atoms with Gasteiger partial charge < -0.3 is 16.4 Å². The molecule has 2 aromatic rings. The zero-order valence-electron chi connectivity index (χ0n) is 11.2. The molecule has 0 saturated carbocycles. The Morgan fingerprint density at radius 1 is 1.50 bits per heavy atom. The molecule has 2 rings (SSSR count). The molecule has 0 aliphatic heterocycles. The number of benzene rings is 1. The van der Waals surface area contributed by atoms with E-state index in [0.717, 1.165) is 12.1 Å².